The number of hydrogen-bond donors (Lipinski definition) is 5. The standard InChI is InChI=1S/C38H51NO11S/c1-3-4-5-8-11-14-30(40)15-12-9-6-7-10-13-16-32(38(48,37(46)47)26-34(41)42)35(43)39-33(36(44)45)25-27-17-19-28(20-18-27)29-21-23-31(24-22-29)51(2,49)50/h13,16-24,32-33,48H,3-12,14-15,25-26H2,1-2H3,(H,39,43)(H,41,42)(H,44,45)(H,46,47)/b16-13+/t32-,33-,38-/m0/s1. The van der Waals surface area contributed by atoms with Gasteiger partial charge >= 0.3 is 17.9 Å². The fourth-order valence-electron chi connectivity index (χ4n) is 5.66. The largest absolute Gasteiger partial charge is 0.481 e. The number of nitrogens with one attached hydrogen (secondary N) is 1. The molecule has 0 radical (unpaired) electrons. The number of hydrogen-bond acceptors (Lipinski definition) is 8. The second-order valence-electron chi connectivity index (χ2n) is 13.0. The van der Waals surface area contributed by atoms with Crippen molar-refractivity contribution in [3.8, 4) is 11.1 Å². The smallest absolute Gasteiger partial charge is 0.337 e. The van der Waals surface area contributed by atoms with E-state index < -0.39 is 57.6 Å². The van der Waals surface area contributed by atoms with Gasteiger partial charge in [-0.1, -0.05) is 94.0 Å². The number of allylic oxidation sites excluding steroid dienone is 1. The van der Waals surface area contributed by atoms with Gasteiger partial charge in [0, 0.05) is 25.5 Å². The van der Waals surface area contributed by atoms with Gasteiger partial charge in [0.2, 0.25) is 5.91 Å². The molecule has 2 rings (SSSR count). The lowest BCUT2D eigenvalue weighted by Gasteiger charge is -2.29. The van der Waals surface area contributed by atoms with E-state index in [2.05, 4.69) is 12.2 Å². The van der Waals surface area contributed by atoms with E-state index in [4.69, 9.17) is 0 Å². The molecule has 0 aliphatic carbocycles. The molecule has 280 valence electrons. The van der Waals surface area contributed by atoms with Crippen molar-refractivity contribution in [2.45, 2.75) is 113 Å². The SMILES string of the molecule is CCCCCCCC(=O)CCCCCC/C=C/[C@@H](C(=O)N[C@@H](Cc1ccc(-c2ccc(S(C)(=O)=O)cc2)cc1)C(=O)O)[C@@](O)(CC(=O)O)C(=O)O. The van der Waals surface area contributed by atoms with Crippen LogP contribution in [0.4, 0.5) is 0 Å². The molecule has 0 fully saturated rings. The lowest BCUT2D eigenvalue weighted by Crippen LogP contribution is -2.55. The summed E-state index contributed by atoms with van der Waals surface area (Å²) in [5, 5.41) is 42.3. The predicted molar refractivity (Wildman–Crippen MR) is 192 cm³/mol. The molecule has 0 unspecified atom stereocenters. The van der Waals surface area contributed by atoms with Crippen molar-refractivity contribution < 1.29 is 52.8 Å². The Balaban J connectivity index is 2.06. The lowest BCUT2D eigenvalue weighted by molar-refractivity contribution is -0.172. The maximum atomic E-state index is 13.4. The maximum absolute atomic E-state index is 13.4. The van der Waals surface area contributed by atoms with Crippen LogP contribution in [0.25, 0.3) is 11.1 Å². The van der Waals surface area contributed by atoms with Crippen LogP contribution in [0.1, 0.15) is 96.0 Å². The van der Waals surface area contributed by atoms with E-state index in [1.807, 2.05) is 0 Å². The molecule has 13 heteroatoms. The van der Waals surface area contributed by atoms with E-state index in [0.717, 1.165) is 68.4 Å². The summed E-state index contributed by atoms with van der Waals surface area (Å²) in [6.07, 6.45) is 12.1. The number of carbonyl (C=O) groups is 5. The van der Waals surface area contributed by atoms with Gasteiger partial charge in [0.05, 0.1) is 17.2 Å². The number of carboxylic acids is 3. The van der Waals surface area contributed by atoms with Crippen molar-refractivity contribution in [1.29, 1.82) is 0 Å². The molecule has 0 aromatic heterocycles. The molecule has 12 nitrogen and oxygen atoms in total. The summed E-state index contributed by atoms with van der Waals surface area (Å²) < 4.78 is 23.5. The lowest BCUT2D eigenvalue weighted by atomic mass is 9.82. The minimum atomic E-state index is -3.37. The Morgan fingerprint density at radius 3 is 1.80 bits per heavy atom. The normalized spacial score (nSPS) is 14.0. The monoisotopic (exact) mass is 729 g/mol. The van der Waals surface area contributed by atoms with Crippen LogP contribution in [0.2, 0.25) is 0 Å². The number of aliphatic hydroxyl groups is 1. The Labute approximate surface area is 299 Å². The first kappa shape index (κ1) is 42.8. The predicted octanol–water partition coefficient (Wildman–Crippen LogP) is 5.60. The van der Waals surface area contributed by atoms with Crippen molar-refractivity contribution in [2.24, 2.45) is 5.92 Å². The average molecular weight is 730 g/mol. The number of rotatable bonds is 25. The Kier molecular flexibility index (Phi) is 17.7. The molecule has 3 atom stereocenters. The van der Waals surface area contributed by atoms with Crippen molar-refractivity contribution in [3.05, 3.63) is 66.2 Å². The van der Waals surface area contributed by atoms with Gasteiger partial charge in [-0.15, -0.1) is 0 Å². The molecular weight excluding hydrogens is 678 g/mol. The van der Waals surface area contributed by atoms with Crippen LogP contribution >= 0.6 is 0 Å². The van der Waals surface area contributed by atoms with Crippen LogP contribution in [0.3, 0.4) is 0 Å². The van der Waals surface area contributed by atoms with Crippen LogP contribution in [0.15, 0.2) is 65.6 Å². The van der Waals surface area contributed by atoms with Crippen LogP contribution in [-0.4, -0.2) is 76.3 Å². The van der Waals surface area contributed by atoms with Gasteiger partial charge < -0.3 is 25.7 Å². The third kappa shape index (κ3) is 14.8. The summed E-state index contributed by atoms with van der Waals surface area (Å²) in [5.41, 5.74) is -1.11. The van der Waals surface area contributed by atoms with Gasteiger partial charge in [0.1, 0.15) is 11.8 Å². The number of sulfone groups is 1. The highest BCUT2D eigenvalue weighted by Gasteiger charge is 2.49. The molecule has 51 heavy (non-hydrogen) atoms. The summed E-state index contributed by atoms with van der Waals surface area (Å²) in [6, 6.07) is 11.3. The van der Waals surface area contributed by atoms with Crippen LogP contribution in [0, 0.1) is 5.92 Å². The van der Waals surface area contributed by atoms with Gasteiger partial charge in [-0.3, -0.25) is 14.4 Å². The Morgan fingerprint density at radius 1 is 0.784 bits per heavy atom. The van der Waals surface area contributed by atoms with Crippen molar-refractivity contribution in [3.63, 3.8) is 0 Å². The second kappa shape index (κ2) is 21.1. The Morgan fingerprint density at radius 2 is 1.31 bits per heavy atom. The Bertz CT molecular complexity index is 1600. The van der Waals surface area contributed by atoms with Crippen LogP contribution < -0.4 is 5.32 Å². The fraction of sp³-hybridized carbons (Fsp3) is 0.500. The van der Waals surface area contributed by atoms with Crippen LogP contribution in [0.5, 0.6) is 0 Å². The van der Waals surface area contributed by atoms with Crippen molar-refractivity contribution >= 4 is 39.4 Å². The van der Waals surface area contributed by atoms with Crippen LogP contribution in [-0.2, 0) is 40.2 Å². The minimum Gasteiger partial charge on any atom is -0.481 e. The zero-order chi connectivity index (χ0) is 38.0. The van der Waals surface area contributed by atoms with Gasteiger partial charge in [0.25, 0.3) is 0 Å². The first-order chi connectivity index (χ1) is 24.1. The molecule has 0 spiro atoms. The second-order valence-corrected chi connectivity index (χ2v) is 15.0. The first-order valence-corrected chi connectivity index (χ1v) is 19.3. The number of Topliss-reactive ketones (excluding diaryl/α,β-unsaturated/α-hetero) is 1. The molecule has 0 aliphatic heterocycles. The summed E-state index contributed by atoms with van der Waals surface area (Å²) in [5.74, 6) is -7.87. The number of carbonyl (C=O) groups excluding carboxylic acids is 2. The third-order valence-electron chi connectivity index (χ3n) is 8.68. The van der Waals surface area contributed by atoms with Gasteiger partial charge in [-0.2, -0.15) is 0 Å². The quantitative estimate of drug-likeness (QED) is 0.0627. The number of carboxylic acid groups (broad SMARTS) is 3. The minimum absolute atomic E-state index is 0.164. The molecule has 2 aromatic carbocycles. The molecule has 2 aromatic rings. The van der Waals surface area contributed by atoms with E-state index in [0.29, 0.717) is 31.2 Å². The zero-order valence-corrected chi connectivity index (χ0v) is 30.2. The fourth-order valence-corrected chi connectivity index (χ4v) is 6.29. The number of aliphatic carboxylic acids is 3. The summed E-state index contributed by atoms with van der Waals surface area (Å²) in [6.45, 7) is 2.14. The molecule has 0 saturated carbocycles. The summed E-state index contributed by atoms with van der Waals surface area (Å²) >= 11 is 0. The average Bonchev–Trinajstić information content (AvgIpc) is 3.06. The van der Waals surface area contributed by atoms with E-state index in [9.17, 15) is 52.8 Å². The molecule has 0 aliphatic rings. The van der Waals surface area contributed by atoms with Gasteiger partial charge in [-0.05, 0) is 54.5 Å². The molecular formula is C38H51NO11S. The van der Waals surface area contributed by atoms with Gasteiger partial charge in [0.15, 0.2) is 15.4 Å². The maximum Gasteiger partial charge on any atom is 0.337 e. The molecule has 5 N–H and O–H groups in total. The summed E-state index contributed by atoms with van der Waals surface area (Å²) in [7, 11) is -3.37. The van der Waals surface area contributed by atoms with E-state index in [-0.39, 0.29) is 17.1 Å². The van der Waals surface area contributed by atoms with Crippen molar-refractivity contribution in [2.75, 3.05) is 6.26 Å². The van der Waals surface area contributed by atoms with Gasteiger partial charge in [-0.25, -0.2) is 18.0 Å². The van der Waals surface area contributed by atoms with E-state index >= 15 is 0 Å². The highest BCUT2D eigenvalue weighted by Crippen LogP contribution is 2.26. The number of unbranched alkanes of at least 4 members (excludes halogenated alkanes) is 8. The third-order valence-corrected chi connectivity index (χ3v) is 9.80. The number of amides is 1. The Hall–Kier alpha value is -4.36. The topological polar surface area (TPSA) is 212 Å². The highest BCUT2D eigenvalue weighted by molar-refractivity contribution is 7.90. The molecule has 0 heterocycles. The van der Waals surface area contributed by atoms with E-state index in [1.54, 1.807) is 36.4 Å². The number of benzene rings is 2. The summed E-state index contributed by atoms with van der Waals surface area (Å²) in [4.78, 5) is 61.4. The molecule has 1 amide bonds. The van der Waals surface area contributed by atoms with Crippen molar-refractivity contribution in [1.82, 2.24) is 5.32 Å². The number of ketones is 1. The molecule has 0 saturated heterocycles. The zero-order valence-electron chi connectivity index (χ0n) is 29.4. The first-order valence-electron chi connectivity index (χ1n) is 17.4. The van der Waals surface area contributed by atoms with E-state index in [1.165, 1.54) is 24.6 Å². The highest BCUT2D eigenvalue weighted by atomic mass is 32.2. The molecule has 0 bridgehead atoms.